The van der Waals surface area contributed by atoms with Crippen molar-refractivity contribution in [3.63, 3.8) is 0 Å². The average Bonchev–Trinajstić information content (AvgIpc) is 2.60. The normalized spacial score (nSPS) is 11.5. The molecular weight excluding hydrogens is 308 g/mol. The largest absolute Gasteiger partial charge is 0.508 e. The minimum Gasteiger partial charge on any atom is -0.508 e. The van der Waals surface area contributed by atoms with E-state index in [1.807, 2.05) is 49.4 Å². The Hall–Kier alpha value is -2.74. The number of hydrogen-bond donors (Lipinski definition) is 2. The minimum atomic E-state index is -0.168. The molecule has 3 aromatic rings. The Bertz CT molecular complexity index is 880. The maximum absolute atomic E-state index is 10.3. The minimum absolute atomic E-state index is 0.168. The summed E-state index contributed by atoms with van der Waals surface area (Å²) in [6.07, 6.45) is 0.498. The number of phenols is 2. The fourth-order valence-corrected chi connectivity index (χ4v) is 3.20. The van der Waals surface area contributed by atoms with Gasteiger partial charge in [-0.15, -0.1) is 0 Å². The number of benzene rings is 3. The first-order valence-corrected chi connectivity index (χ1v) is 8.54. The highest BCUT2D eigenvalue weighted by atomic mass is 16.3. The molecule has 0 saturated carbocycles. The van der Waals surface area contributed by atoms with E-state index < -0.39 is 0 Å². The van der Waals surface area contributed by atoms with Gasteiger partial charge in [-0.2, -0.15) is 0 Å². The van der Waals surface area contributed by atoms with Gasteiger partial charge in [0, 0.05) is 11.8 Å². The second-order valence-electron chi connectivity index (χ2n) is 7.14. The van der Waals surface area contributed by atoms with E-state index in [1.165, 1.54) is 5.56 Å². The number of aromatic hydroxyl groups is 2. The summed E-state index contributed by atoms with van der Waals surface area (Å²) in [5.74, 6) is 0.520. The Labute approximate surface area is 149 Å². The third-order valence-corrected chi connectivity index (χ3v) is 4.91. The Morgan fingerprint density at radius 3 is 2.00 bits per heavy atom. The summed E-state index contributed by atoms with van der Waals surface area (Å²) in [7, 11) is 0. The van der Waals surface area contributed by atoms with E-state index >= 15 is 0 Å². The first kappa shape index (κ1) is 17.1. The summed E-state index contributed by atoms with van der Waals surface area (Å²) in [5, 5.41) is 20.4. The molecular formula is C23H24O2. The summed E-state index contributed by atoms with van der Waals surface area (Å²) in [6, 6.07) is 21.7. The zero-order chi connectivity index (χ0) is 18.0. The van der Waals surface area contributed by atoms with Crippen LogP contribution in [-0.4, -0.2) is 10.2 Å². The predicted octanol–water partition coefficient (Wildman–Crippen LogP) is 5.32. The first-order chi connectivity index (χ1) is 11.9. The molecule has 0 saturated heterocycles. The van der Waals surface area contributed by atoms with Gasteiger partial charge in [0.25, 0.3) is 0 Å². The molecule has 0 atom stereocenters. The van der Waals surface area contributed by atoms with E-state index in [0.717, 1.165) is 22.3 Å². The molecule has 0 aliphatic rings. The molecule has 0 amide bonds. The topological polar surface area (TPSA) is 40.5 Å². The lowest BCUT2D eigenvalue weighted by Gasteiger charge is -2.27. The number of hydrogen-bond acceptors (Lipinski definition) is 2. The molecule has 0 bridgehead atoms. The Balaban J connectivity index is 2.00. The van der Waals surface area contributed by atoms with Crippen LogP contribution in [0.4, 0.5) is 0 Å². The maximum Gasteiger partial charge on any atom is 0.119 e. The molecule has 0 heterocycles. The van der Waals surface area contributed by atoms with E-state index in [9.17, 15) is 10.2 Å². The van der Waals surface area contributed by atoms with E-state index in [0.29, 0.717) is 6.42 Å². The lowest BCUT2D eigenvalue weighted by atomic mass is 9.77. The molecule has 3 rings (SSSR count). The van der Waals surface area contributed by atoms with E-state index in [4.69, 9.17) is 0 Å². The lowest BCUT2D eigenvalue weighted by molar-refractivity contribution is 0.462. The summed E-state index contributed by atoms with van der Waals surface area (Å²) in [4.78, 5) is 0. The maximum atomic E-state index is 10.3. The van der Waals surface area contributed by atoms with Crippen molar-refractivity contribution in [2.45, 2.75) is 32.6 Å². The lowest BCUT2D eigenvalue weighted by Crippen LogP contribution is -2.19. The molecule has 25 heavy (non-hydrogen) atoms. The van der Waals surface area contributed by atoms with Crippen LogP contribution < -0.4 is 0 Å². The van der Waals surface area contributed by atoms with E-state index in [-0.39, 0.29) is 16.9 Å². The van der Waals surface area contributed by atoms with Crippen LogP contribution in [0, 0.1) is 6.92 Å². The van der Waals surface area contributed by atoms with Gasteiger partial charge in [0.2, 0.25) is 0 Å². The van der Waals surface area contributed by atoms with Crippen LogP contribution in [-0.2, 0) is 11.8 Å². The van der Waals surface area contributed by atoms with Crippen LogP contribution in [0.1, 0.15) is 41.7 Å². The fourth-order valence-electron chi connectivity index (χ4n) is 3.20. The molecule has 2 N–H and O–H groups in total. The van der Waals surface area contributed by atoms with Crippen LogP contribution in [0.3, 0.4) is 0 Å². The third kappa shape index (κ3) is 3.53. The zero-order valence-electron chi connectivity index (χ0n) is 15.0. The van der Waals surface area contributed by atoms with Crippen molar-refractivity contribution in [2.75, 3.05) is 0 Å². The van der Waals surface area contributed by atoms with Crippen molar-refractivity contribution in [1.82, 2.24) is 0 Å². The molecule has 2 nitrogen and oxygen atoms in total. The van der Waals surface area contributed by atoms with Crippen molar-refractivity contribution in [3.8, 4) is 11.5 Å². The standard InChI is InChI=1S/C23H24O2/c1-16-9-11-21(24)17(13-16)14-18-15-20(10-12-22(18)25)23(2,3)19-7-5-4-6-8-19/h4-13,15,24-25H,14H2,1-3H3. The van der Waals surface area contributed by atoms with Crippen molar-refractivity contribution in [2.24, 2.45) is 0 Å². The van der Waals surface area contributed by atoms with Crippen LogP contribution in [0.5, 0.6) is 11.5 Å². The Morgan fingerprint density at radius 2 is 1.32 bits per heavy atom. The second-order valence-corrected chi connectivity index (χ2v) is 7.14. The Kier molecular flexibility index (Phi) is 4.54. The van der Waals surface area contributed by atoms with Gasteiger partial charge in [0.05, 0.1) is 0 Å². The van der Waals surface area contributed by atoms with Crippen LogP contribution in [0.25, 0.3) is 0 Å². The monoisotopic (exact) mass is 332 g/mol. The summed E-state index contributed by atoms with van der Waals surface area (Å²) >= 11 is 0. The molecule has 0 aliphatic heterocycles. The highest BCUT2D eigenvalue weighted by molar-refractivity contribution is 5.47. The summed E-state index contributed by atoms with van der Waals surface area (Å²) in [5.41, 5.74) is 4.93. The van der Waals surface area contributed by atoms with Gasteiger partial charge in [0.1, 0.15) is 11.5 Å². The van der Waals surface area contributed by atoms with Crippen LogP contribution >= 0.6 is 0 Å². The van der Waals surface area contributed by atoms with Crippen LogP contribution in [0.2, 0.25) is 0 Å². The molecule has 0 aromatic heterocycles. The molecule has 0 unspecified atom stereocenters. The number of rotatable bonds is 4. The number of aryl methyl sites for hydroxylation is 1. The first-order valence-electron chi connectivity index (χ1n) is 8.54. The van der Waals surface area contributed by atoms with Gasteiger partial charge in [-0.1, -0.05) is 74.0 Å². The smallest absolute Gasteiger partial charge is 0.119 e. The van der Waals surface area contributed by atoms with Gasteiger partial charge < -0.3 is 10.2 Å². The van der Waals surface area contributed by atoms with E-state index in [2.05, 4.69) is 26.0 Å². The second kappa shape index (κ2) is 6.64. The van der Waals surface area contributed by atoms with Crippen molar-refractivity contribution in [3.05, 3.63) is 94.5 Å². The summed E-state index contributed by atoms with van der Waals surface area (Å²) < 4.78 is 0. The zero-order valence-corrected chi connectivity index (χ0v) is 15.0. The van der Waals surface area contributed by atoms with Crippen molar-refractivity contribution >= 4 is 0 Å². The molecule has 0 spiro atoms. The highest BCUT2D eigenvalue weighted by Gasteiger charge is 2.24. The van der Waals surface area contributed by atoms with Gasteiger partial charge in [-0.3, -0.25) is 0 Å². The van der Waals surface area contributed by atoms with Crippen LogP contribution in [0.15, 0.2) is 66.7 Å². The highest BCUT2D eigenvalue weighted by Crippen LogP contribution is 2.35. The summed E-state index contributed by atoms with van der Waals surface area (Å²) in [6.45, 7) is 6.36. The molecule has 0 aliphatic carbocycles. The van der Waals surface area contributed by atoms with Crippen molar-refractivity contribution in [1.29, 1.82) is 0 Å². The van der Waals surface area contributed by atoms with Gasteiger partial charge >= 0.3 is 0 Å². The van der Waals surface area contributed by atoms with E-state index in [1.54, 1.807) is 12.1 Å². The van der Waals surface area contributed by atoms with Gasteiger partial charge in [-0.05, 0) is 41.3 Å². The van der Waals surface area contributed by atoms with Crippen molar-refractivity contribution < 1.29 is 10.2 Å². The molecule has 2 heteroatoms. The SMILES string of the molecule is Cc1ccc(O)c(Cc2cc(C(C)(C)c3ccccc3)ccc2O)c1. The fraction of sp³-hybridized carbons (Fsp3) is 0.217. The average molecular weight is 332 g/mol. The quantitative estimate of drug-likeness (QED) is 0.678. The van der Waals surface area contributed by atoms with Gasteiger partial charge in [-0.25, -0.2) is 0 Å². The predicted molar refractivity (Wildman–Crippen MR) is 102 cm³/mol. The molecule has 3 aromatic carbocycles. The number of phenolic OH excluding ortho intramolecular Hbond substituents is 2. The molecule has 0 fully saturated rings. The third-order valence-electron chi connectivity index (χ3n) is 4.91. The van der Waals surface area contributed by atoms with Gasteiger partial charge in [0.15, 0.2) is 0 Å². The molecule has 128 valence electrons. The Morgan fingerprint density at radius 1 is 0.720 bits per heavy atom. The molecule has 0 radical (unpaired) electrons.